The van der Waals surface area contributed by atoms with Crippen LogP contribution in [-0.4, -0.2) is 32.9 Å². The van der Waals surface area contributed by atoms with Crippen LogP contribution in [0.25, 0.3) is 11.3 Å². The van der Waals surface area contributed by atoms with Gasteiger partial charge in [0.05, 0.1) is 16.3 Å². The number of carbonyl (C=O) groups is 2. The molecule has 2 amide bonds. The summed E-state index contributed by atoms with van der Waals surface area (Å²) in [5.74, 6) is 0.101. The maximum absolute atomic E-state index is 12.8. The lowest BCUT2D eigenvalue weighted by Gasteiger charge is -2.13. The quantitative estimate of drug-likeness (QED) is 0.478. The molecule has 3 N–H and O–H groups in total. The molecule has 0 radical (unpaired) electrons. The molecule has 8 heteroatoms. The molecule has 1 aliphatic carbocycles. The zero-order chi connectivity index (χ0) is 22.0. The predicted molar refractivity (Wildman–Crippen MR) is 122 cm³/mol. The van der Waals surface area contributed by atoms with Gasteiger partial charge in [-0.3, -0.25) is 4.79 Å². The van der Waals surface area contributed by atoms with Gasteiger partial charge < -0.3 is 15.7 Å². The van der Waals surface area contributed by atoms with Crippen LogP contribution in [0.5, 0.6) is 5.75 Å². The Bertz CT molecular complexity index is 1080. The smallest absolute Gasteiger partial charge is 0.342 e. The summed E-state index contributed by atoms with van der Waals surface area (Å²) in [5.41, 5.74) is 2.39. The third-order valence-corrected chi connectivity index (χ3v) is 6.26. The molecule has 0 atom stereocenters. The second-order valence-corrected chi connectivity index (χ2v) is 9.06. The number of anilines is 1. The number of thiophene rings is 1. The van der Waals surface area contributed by atoms with Crippen molar-refractivity contribution in [1.82, 2.24) is 15.1 Å². The first-order valence-electron chi connectivity index (χ1n) is 10.5. The number of phenolic OH excluding ortho intramolecular Hbond substituents is 1. The average Bonchev–Trinajstić information content (AvgIpc) is 3.49. The van der Waals surface area contributed by atoms with Crippen molar-refractivity contribution in [2.45, 2.75) is 51.5 Å². The first kappa shape index (κ1) is 21.1. The summed E-state index contributed by atoms with van der Waals surface area (Å²) in [5, 5.41) is 22.6. The van der Waals surface area contributed by atoms with E-state index >= 15 is 0 Å². The van der Waals surface area contributed by atoms with Gasteiger partial charge >= 0.3 is 6.03 Å². The van der Waals surface area contributed by atoms with Crippen LogP contribution in [0, 0.1) is 0 Å². The molecular formula is C23H26N4O3S. The van der Waals surface area contributed by atoms with Crippen LogP contribution in [0.2, 0.25) is 0 Å². The lowest BCUT2D eigenvalue weighted by molar-refractivity contribution is 0.103. The SMILES string of the molecule is CC(C)NC(=O)n1nc(-c2cc(NC(=O)c3cccs3)ccc2O)cc1C1CCCC1. The van der Waals surface area contributed by atoms with Gasteiger partial charge in [0.25, 0.3) is 5.91 Å². The number of aromatic hydroxyl groups is 1. The van der Waals surface area contributed by atoms with E-state index in [1.165, 1.54) is 22.1 Å². The molecule has 0 unspecified atom stereocenters. The Morgan fingerprint density at radius 1 is 1.19 bits per heavy atom. The van der Waals surface area contributed by atoms with Crippen LogP contribution in [0.4, 0.5) is 10.5 Å². The van der Waals surface area contributed by atoms with E-state index in [-0.39, 0.29) is 29.6 Å². The van der Waals surface area contributed by atoms with E-state index in [4.69, 9.17) is 0 Å². The molecular weight excluding hydrogens is 412 g/mol. The maximum atomic E-state index is 12.8. The lowest BCUT2D eigenvalue weighted by Crippen LogP contribution is -2.35. The van der Waals surface area contributed by atoms with Crippen molar-refractivity contribution in [3.05, 3.63) is 52.3 Å². The number of hydrogen-bond acceptors (Lipinski definition) is 5. The number of nitrogens with one attached hydrogen (secondary N) is 2. The summed E-state index contributed by atoms with van der Waals surface area (Å²) in [4.78, 5) is 25.8. The standard InChI is InChI=1S/C23H26N4O3S/c1-14(2)24-23(30)27-19(15-6-3-4-7-15)13-18(26-27)17-12-16(9-10-20(17)28)25-22(29)21-8-5-11-31-21/h5,8-15,28H,3-4,6-7H2,1-2H3,(H,24,30)(H,25,29). The van der Waals surface area contributed by atoms with Crippen LogP contribution >= 0.6 is 11.3 Å². The summed E-state index contributed by atoms with van der Waals surface area (Å²) in [6.45, 7) is 3.81. The molecule has 2 heterocycles. The van der Waals surface area contributed by atoms with Gasteiger partial charge in [-0.1, -0.05) is 18.9 Å². The Labute approximate surface area is 185 Å². The van der Waals surface area contributed by atoms with Crippen molar-refractivity contribution in [2.75, 3.05) is 5.32 Å². The van der Waals surface area contributed by atoms with E-state index < -0.39 is 0 Å². The normalized spacial score (nSPS) is 14.2. The average molecular weight is 439 g/mol. The van der Waals surface area contributed by atoms with Crippen LogP contribution in [-0.2, 0) is 0 Å². The molecule has 31 heavy (non-hydrogen) atoms. The number of amides is 2. The van der Waals surface area contributed by atoms with Crippen LogP contribution in [0.3, 0.4) is 0 Å². The summed E-state index contributed by atoms with van der Waals surface area (Å²) < 4.78 is 1.43. The van der Waals surface area contributed by atoms with Gasteiger partial charge in [0.1, 0.15) is 5.75 Å². The predicted octanol–water partition coefficient (Wildman–Crippen LogP) is 5.19. The van der Waals surface area contributed by atoms with Crippen molar-refractivity contribution < 1.29 is 14.7 Å². The summed E-state index contributed by atoms with van der Waals surface area (Å²) in [6.07, 6.45) is 4.30. The molecule has 0 aliphatic heterocycles. The number of benzene rings is 1. The highest BCUT2D eigenvalue weighted by Gasteiger charge is 2.26. The third-order valence-electron chi connectivity index (χ3n) is 5.39. The Balaban J connectivity index is 1.68. The summed E-state index contributed by atoms with van der Waals surface area (Å²) >= 11 is 1.36. The van der Waals surface area contributed by atoms with Gasteiger partial charge in [-0.25, -0.2) is 4.79 Å². The van der Waals surface area contributed by atoms with Crippen molar-refractivity contribution in [1.29, 1.82) is 0 Å². The molecule has 0 spiro atoms. The molecule has 1 aliphatic rings. The fourth-order valence-corrected chi connectivity index (χ4v) is 4.55. The molecule has 1 fully saturated rings. The van der Waals surface area contributed by atoms with Crippen molar-refractivity contribution in [3.63, 3.8) is 0 Å². The van der Waals surface area contributed by atoms with Crippen molar-refractivity contribution in [3.8, 4) is 17.0 Å². The number of nitrogens with zero attached hydrogens (tertiary/aromatic N) is 2. The minimum Gasteiger partial charge on any atom is -0.507 e. The number of hydrogen-bond donors (Lipinski definition) is 3. The largest absolute Gasteiger partial charge is 0.507 e. The highest BCUT2D eigenvalue weighted by atomic mass is 32.1. The summed E-state index contributed by atoms with van der Waals surface area (Å²) in [6, 6.07) is 10.0. The van der Waals surface area contributed by atoms with E-state index in [9.17, 15) is 14.7 Å². The van der Waals surface area contributed by atoms with Gasteiger partial charge in [0, 0.05) is 23.2 Å². The first-order valence-corrected chi connectivity index (χ1v) is 11.4. The fourth-order valence-electron chi connectivity index (χ4n) is 3.93. The summed E-state index contributed by atoms with van der Waals surface area (Å²) in [7, 11) is 0. The van der Waals surface area contributed by atoms with Crippen molar-refractivity contribution in [2.24, 2.45) is 0 Å². The number of rotatable bonds is 5. The number of aromatic nitrogens is 2. The highest BCUT2D eigenvalue weighted by Crippen LogP contribution is 2.38. The van der Waals surface area contributed by atoms with E-state index in [1.54, 1.807) is 18.2 Å². The van der Waals surface area contributed by atoms with Gasteiger partial charge in [0.2, 0.25) is 0 Å². The van der Waals surface area contributed by atoms with Crippen LogP contribution < -0.4 is 10.6 Å². The Morgan fingerprint density at radius 3 is 2.65 bits per heavy atom. The molecule has 3 aromatic rings. The molecule has 4 rings (SSSR count). The second kappa shape index (κ2) is 8.93. The molecule has 0 bridgehead atoms. The zero-order valence-corrected chi connectivity index (χ0v) is 18.4. The molecule has 1 aromatic carbocycles. The van der Waals surface area contributed by atoms with Gasteiger partial charge in [0.15, 0.2) is 0 Å². The van der Waals surface area contributed by atoms with Crippen LogP contribution in [0.15, 0.2) is 41.8 Å². The fraction of sp³-hybridized carbons (Fsp3) is 0.348. The van der Waals surface area contributed by atoms with E-state index in [0.717, 1.165) is 31.4 Å². The van der Waals surface area contributed by atoms with E-state index in [1.807, 2.05) is 31.4 Å². The number of carbonyl (C=O) groups excluding carboxylic acids is 2. The van der Waals surface area contributed by atoms with Crippen molar-refractivity contribution >= 4 is 29.0 Å². The van der Waals surface area contributed by atoms with Gasteiger partial charge in [-0.2, -0.15) is 9.78 Å². The molecule has 162 valence electrons. The Kier molecular flexibility index (Phi) is 6.08. The molecule has 2 aromatic heterocycles. The lowest BCUT2D eigenvalue weighted by atomic mass is 10.0. The third kappa shape index (κ3) is 4.64. The second-order valence-electron chi connectivity index (χ2n) is 8.12. The Hall–Kier alpha value is -3.13. The van der Waals surface area contributed by atoms with E-state index in [2.05, 4.69) is 15.7 Å². The monoisotopic (exact) mass is 438 g/mol. The minimum absolute atomic E-state index is 0.0132. The highest BCUT2D eigenvalue weighted by molar-refractivity contribution is 7.12. The van der Waals surface area contributed by atoms with Crippen LogP contribution in [0.1, 0.15) is 60.8 Å². The Morgan fingerprint density at radius 2 is 1.97 bits per heavy atom. The van der Waals surface area contributed by atoms with E-state index in [0.29, 0.717) is 21.8 Å². The van der Waals surface area contributed by atoms with Gasteiger partial charge in [-0.05, 0) is 62.4 Å². The molecule has 7 nitrogen and oxygen atoms in total. The zero-order valence-electron chi connectivity index (χ0n) is 17.6. The molecule has 0 saturated heterocycles. The van der Waals surface area contributed by atoms with Gasteiger partial charge in [-0.15, -0.1) is 11.3 Å². The topological polar surface area (TPSA) is 96.3 Å². The first-order chi connectivity index (χ1) is 14.9. The molecule has 1 saturated carbocycles. The maximum Gasteiger partial charge on any atom is 0.342 e. The number of phenols is 1. The minimum atomic E-state index is -0.273.